The number of anilines is 1. The lowest BCUT2D eigenvalue weighted by molar-refractivity contribution is 0.0757. The van der Waals surface area contributed by atoms with Crippen LogP contribution in [0.15, 0.2) is 5.38 Å². The number of thiazole rings is 1. The zero-order chi connectivity index (χ0) is 11.3. The molecule has 4 nitrogen and oxygen atoms in total. The van der Waals surface area contributed by atoms with Gasteiger partial charge in [0.15, 0.2) is 5.13 Å². The van der Waals surface area contributed by atoms with Gasteiger partial charge in [0, 0.05) is 18.5 Å². The second-order valence-electron chi connectivity index (χ2n) is 3.31. The first-order valence-corrected chi connectivity index (χ1v) is 6.07. The average Bonchev–Trinajstić information content (AvgIpc) is 2.65. The molecule has 0 radical (unpaired) electrons. The van der Waals surface area contributed by atoms with Crippen LogP contribution in [0.1, 0.15) is 37.2 Å². The molecule has 0 spiro atoms. The summed E-state index contributed by atoms with van der Waals surface area (Å²) >= 11 is 1.30. The van der Waals surface area contributed by atoms with Gasteiger partial charge >= 0.3 is 0 Å². The third-order valence-electron chi connectivity index (χ3n) is 2.19. The maximum atomic E-state index is 11.9. The van der Waals surface area contributed by atoms with E-state index in [1.165, 1.54) is 11.3 Å². The summed E-state index contributed by atoms with van der Waals surface area (Å²) in [6, 6.07) is 0. The molecule has 15 heavy (non-hydrogen) atoms. The summed E-state index contributed by atoms with van der Waals surface area (Å²) in [6.45, 7) is 5.60. The summed E-state index contributed by atoms with van der Waals surface area (Å²) in [5, 5.41) is 2.16. The number of rotatable bonds is 5. The smallest absolute Gasteiger partial charge is 0.273 e. The summed E-state index contributed by atoms with van der Waals surface area (Å²) in [6.07, 6.45) is 2.11. The fourth-order valence-electron chi connectivity index (χ4n) is 1.30. The van der Waals surface area contributed by atoms with E-state index in [9.17, 15) is 4.79 Å². The molecule has 1 aromatic heterocycles. The standard InChI is InChI=1S/C10H17N3OS/c1-3-5-6-13(4-2)9(14)8-7-15-10(11)12-8/h7H,3-6H2,1-2H3,(H2,11,12). The molecule has 1 amide bonds. The van der Waals surface area contributed by atoms with E-state index < -0.39 is 0 Å². The molecule has 2 N–H and O–H groups in total. The van der Waals surface area contributed by atoms with Gasteiger partial charge in [0.2, 0.25) is 0 Å². The maximum absolute atomic E-state index is 11.9. The van der Waals surface area contributed by atoms with Crippen molar-refractivity contribution in [2.45, 2.75) is 26.7 Å². The molecular formula is C10H17N3OS. The second kappa shape index (κ2) is 5.70. The minimum Gasteiger partial charge on any atom is -0.375 e. The highest BCUT2D eigenvalue weighted by atomic mass is 32.1. The van der Waals surface area contributed by atoms with Crippen molar-refractivity contribution in [3.63, 3.8) is 0 Å². The first kappa shape index (κ1) is 12.0. The van der Waals surface area contributed by atoms with Crippen LogP contribution in [0.25, 0.3) is 0 Å². The summed E-state index contributed by atoms with van der Waals surface area (Å²) in [4.78, 5) is 17.7. The molecular weight excluding hydrogens is 210 g/mol. The molecule has 0 saturated heterocycles. The number of nitrogens with zero attached hydrogens (tertiary/aromatic N) is 2. The van der Waals surface area contributed by atoms with Gasteiger partial charge in [-0.05, 0) is 13.3 Å². The molecule has 0 aliphatic heterocycles. The summed E-state index contributed by atoms with van der Waals surface area (Å²) in [7, 11) is 0. The Morgan fingerprint density at radius 2 is 2.33 bits per heavy atom. The number of hydrogen-bond donors (Lipinski definition) is 1. The van der Waals surface area contributed by atoms with Gasteiger partial charge in [-0.1, -0.05) is 13.3 Å². The topological polar surface area (TPSA) is 59.2 Å². The number of nitrogen functional groups attached to an aromatic ring is 1. The Hall–Kier alpha value is -1.10. The zero-order valence-corrected chi connectivity index (χ0v) is 10.0. The van der Waals surface area contributed by atoms with Gasteiger partial charge in [0.05, 0.1) is 0 Å². The van der Waals surface area contributed by atoms with Gasteiger partial charge < -0.3 is 10.6 Å². The Bertz CT molecular complexity index is 324. The number of carbonyl (C=O) groups excluding carboxylic acids is 1. The summed E-state index contributed by atoms with van der Waals surface area (Å²) in [5.74, 6) is -0.0149. The highest BCUT2D eigenvalue weighted by Crippen LogP contribution is 2.13. The number of amides is 1. The molecule has 0 atom stereocenters. The number of aromatic nitrogens is 1. The zero-order valence-electron chi connectivity index (χ0n) is 9.19. The van der Waals surface area contributed by atoms with Crippen LogP contribution in [0, 0.1) is 0 Å². The molecule has 0 saturated carbocycles. The lowest BCUT2D eigenvalue weighted by Gasteiger charge is -2.19. The van der Waals surface area contributed by atoms with Crippen molar-refractivity contribution in [1.82, 2.24) is 9.88 Å². The van der Waals surface area contributed by atoms with Gasteiger partial charge in [0.25, 0.3) is 5.91 Å². The minimum atomic E-state index is -0.0149. The fourth-order valence-corrected chi connectivity index (χ4v) is 1.84. The van der Waals surface area contributed by atoms with E-state index in [4.69, 9.17) is 5.73 Å². The monoisotopic (exact) mass is 227 g/mol. The average molecular weight is 227 g/mol. The van der Waals surface area contributed by atoms with Crippen LogP contribution in [0.3, 0.4) is 0 Å². The van der Waals surface area contributed by atoms with E-state index in [2.05, 4.69) is 11.9 Å². The quantitative estimate of drug-likeness (QED) is 0.836. The molecule has 1 heterocycles. The highest BCUT2D eigenvalue weighted by Gasteiger charge is 2.16. The summed E-state index contributed by atoms with van der Waals surface area (Å²) < 4.78 is 0. The Kier molecular flexibility index (Phi) is 4.55. The van der Waals surface area contributed by atoms with Crippen LogP contribution >= 0.6 is 11.3 Å². The largest absolute Gasteiger partial charge is 0.375 e. The molecule has 0 fully saturated rings. The third kappa shape index (κ3) is 3.20. The molecule has 5 heteroatoms. The van der Waals surface area contributed by atoms with Crippen LogP contribution < -0.4 is 5.73 Å². The normalized spacial score (nSPS) is 10.3. The van der Waals surface area contributed by atoms with E-state index in [1.54, 1.807) is 10.3 Å². The van der Waals surface area contributed by atoms with Crippen molar-refractivity contribution in [2.24, 2.45) is 0 Å². The SMILES string of the molecule is CCCCN(CC)C(=O)c1csc(N)n1. The number of nitrogens with two attached hydrogens (primary N) is 1. The van der Waals surface area contributed by atoms with Crippen LogP contribution in [0.5, 0.6) is 0 Å². The second-order valence-corrected chi connectivity index (χ2v) is 4.20. The van der Waals surface area contributed by atoms with Gasteiger partial charge in [-0.25, -0.2) is 4.98 Å². The molecule has 0 bridgehead atoms. The Morgan fingerprint density at radius 1 is 1.60 bits per heavy atom. The first-order valence-electron chi connectivity index (χ1n) is 5.19. The number of hydrogen-bond acceptors (Lipinski definition) is 4. The van der Waals surface area contributed by atoms with E-state index in [-0.39, 0.29) is 5.91 Å². The Morgan fingerprint density at radius 3 is 2.80 bits per heavy atom. The van der Waals surface area contributed by atoms with Crippen molar-refractivity contribution in [3.8, 4) is 0 Å². The molecule has 0 unspecified atom stereocenters. The lowest BCUT2D eigenvalue weighted by atomic mass is 10.3. The molecule has 1 rings (SSSR count). The van der Waals surface area contributed by atoms with E-state index >= 15 is 0 Å². The Labute approximate surface area is 94.1 Å². The molecule has 0 aliphatic rings. The van der Waals surface area contributed by atoms with Crippen LogP contribution in [0.4, 0.5) is 5.13 Å². The number of unbranched alkanes of at least 4 members (excludes halogenated alkanes) is 1. The van der Waals surface area contributed by atoms with Crippen LogP contribution in [-0.4, -0.2) is 28.9 Å². The molecule has 0 aliphatic carbocycles. The number of carbonyl (C=O) groups is 1. The van der Waals surface area contributed by atoms with E-state index in [0.717, 1.165) is 25.9 Å². The highest BCUT2D eigenvalue weighted by molar-refractivity contribution is 7.13. The van der Waals surface area contributed by atoms with Crippen molar-refractivity contribution in [1.29, 1.82) is 0 Å². The third-order valence-corrected chi connectivity index (χ3v) is 2.87. The molecule has 1 aromatic rings. The van der Waals surface area contributed by atoms with Gasteiger partial charge in [-0.3, -0.25) is 4.79 Å². The van der Waals surface area contributed by atoms with E-state index in [1.807, 2.05) is 6.92 Å². The fraction of sp³-hybridized carbons (Fsp3) is 0.600. The van der Waals surface area contributed by atoms with Crippen LogP contribution in [-0.2, 0) is 0 Å². The predicted octanol–water partition coefficient (Wildman–Crippen LogP) is 1.99. The summed E-state index contributed by atoms with van der Waals surface area (Å²) in [5.41, 5.74) is 5.96. The van der Waals surface area contributed by atoms with Crippen molar-refractivity contribution in [3.05, 3.63) is 11.1 Å². The van der Waals surface area contributed by atoms with Gasteiger partial charge in [-0.15, -0.1) is 11.3 Å². The Balaban J connectivity index is 2.64. The minimum absolute atomic E-state index is 0.0149. The predicted molar refractivity (Wildman–Crippen MR) is 63.0 cm³/mol. The van der Waals surface area contributed by atoms with Gasteiger partial charge in [0.1, 0.15) is 5.69 Å². The lowest BCUT2D eigenvalue weighted by Crippen LogP contribution is -2.31. The maximum Gasteiger partial charge on any atom is 0.273 e. The first-order chi connectivity index (χ1) is 7.19. The van der Waals surface area contributed by atoms with Gasteiger partial charge in [-0.2, -0.15) is 0 Å². The van der Waals surface area contributed by atoms with Crippen molar-refractivity contribution in [2.75, 3.05) is 18.8 Å². The molecule has 0 aromatic carbocycles. The van der Waals surface area contributed by atoms with E-state index in [0.29, 0.717) is 10.8 Å². The van der Waals surface area contributed by atoms with Crippen LogP contribution in [0.2, 0.25) is 0 Å². The van der Waals surface area contributed by atoms with Crippen molar-refractivity contribution < 1.29 is 4.79 Å². The molecule has 84 valence electrons. The van der Waals surface area contributed by atoms with Crippen molar-refractivity contribution >= 4 is 22.4 Å².